The van der Waals surface area contributed by atoms with E-state index in [2.05, 4.69) is 20.6 Å². The fraction of sp³-hybridized carbons (Fsp3) is 0.217. The second-order valence-electron chi connectivity index (χ2n) is 6.65. The van der Waals surface area contributed by atoms with Crippen molar-refractivity contribution in [1.82, 2.24) is 15.6 Å². The Hall–Kier alpha value is -2.88. The third-order valence-electron chi connectivity index (χ3n) is 4.44. The molecule has 31 heavy (non-hydrogen) atoms. The number of nitrogens with zero attached hydrogens (tertiary/aromatic N) is 2. The molecule has 0 unspecified atom stereocenters. The van der Waals surface area contributed by atoms with Gasteiger partial charge in [-0.2, -0.15) is 0 Å². The lowest BCUT2D eigenvalue weighted by Crippen LogP contribution is -2.36. The van der Waals surface area contributed by atoms with E-state index >= 15 is 0 Å². The quantitative estimate of drug-likeness (QED) is 0.258. The first-order valence-electron chi connectivity index (χ1n) is 9.54. The molecule has 0 saturated heterocycles. The number of benzene rings is 2. The normalized spacial score (nSPS) is 10.8. The molecule has 0 amide bonds. The first-order chi connectivity index (χ1) is 14.6. The largest absolute Gasteiger partial charge is 0.497 e. The highest BCUT2D eigenvalue weighted by Gasteiger charge is 2.04. The molecule has 2 aromatic carbocycles. The third-order valence-corrected chi connectivity index (χ3v) is 4.44. The molecule has 6 nitrogen and oxygen atoms in total. The monoisotopic (exact) mass is 536 g/mol. The summed E-state index contributed by atoms with van der Waals surface area (Å²) in [6.07, 6.45) is 1.74. The molecule has 0 aliphatic carbocycles. The lowest BCUT2D eigenvalue weighted by atomic mass is 10.1. The average molecular weight is 536 g/mol. The van der Waals surface area contributed by atoms with Gasteiger partial charge in [0, 0.05) is 38.5 Å². The zero-order valence-electron chi connectivity index (χ0n) is 17.7. The van der Waals surface area contributed by atoms with E-state index in [-0.39, 0.29) is 29.8 Å². The minimum Gasteiger partial charge on any atom is -0.497 e. The lowest BCUT2D eigenvalue weighted by molar-refractivity contribution is 0.407. The zero-order valence-corrected chi connectivity index (χ0v) is 20.0. The van der Waals surface area contributed by atoms with Crippen LogP contribution in [0.4, 0.5) is 4.39 Å². The molecule has 0 aliphatic heterocycles. The Balaban J connectivity index is 0.00000341. The van der Waals surface area contributed by atoms with E-state index < -0.39 is 0 Å². The summed E-state index contributed by atoms with van der Waals surface area (Å²) in [5.41, 5.74) is 2.45. The Labute approximate surface area is 198 Å². The number of rotatable bonds is 7. The number of aliphatic imine (C=N–C) groups is 1. The van der Waals surface area contributed by atoms with E-state index in [0.29, 0.717) is 36.2 Å². The topological polar surface area (TPSA) is 67.8 Å². The molecule has 0 bridgehead atoms. The summed E-state index contributed by atoms with van der Waals surface area (Å²) in [5.74, 6) is 2.29. The van der Waals surface area contributed by atoms with Gasteiger partial charge in [0.15, 0.2) is 5.96 Å². The van der Waals surface area contributed by atoms with Gasteiger partial charge >= 0.3 is 0 Å². The molecular weight excluding hydrogens is 510 g/mol. The number of guanidine groups is 1. The summed E-state index contributed by atoms with van der Waals surface area (Å²) >= 11 is 0. The first-order valence-corrected chi connectivity index (χ1v) is 9.54. The van der Waals surface area contributed by atoms with Crippen molar-refractivity contribution in [2.24, 2.45) is 4.99 Å². The Morgan fingerprint density at radius 3 is 2.35 bits per heavy atom. The highest BCUT2D eigenvalue weighted by Crippen LogP contribution is 2.23. The van der Waals surface area contributed by atoms with Gasteiger partial charge in [-0.1, -0.05) is 24.3 Å². The maximum absolute atomic E-state index is 13.7. The molecule has 164 valence electrons. The summed E-state index contributed by atoms with van der Waals surface area (Å²) in [6, 6.07) is 16.3. The predicted molar refractivity (Wildman–Crippen MR) is 131 cm³/mol. The molecule has 0 radical (unpaired) electrons. The Morgan fingerprint density at radius 2 is 1.71 bits per heavy atom. The van der Waals surface area contributed by atoms with Crippen LogP contribution < -0.4 is 20.1 Å². The van der Waals surface area contributed by atoms with Crippen molar-refractivity contribution < 1.29 is 13.9 Å². The number of halogens is 2. The minimum absolute atomic E-state index is 0. The molecule has 3 rings (SSSR count). The van der Waals surface area contributed by atoms with E-state index in [9.17, 15) is 4.39 Å². The summed E-state index contributed by atoms with van der Waals surface area (Å²) in [4.78, 5) is 8.53. The third kappa shape index (κ3) is 7.39. The first kappa shape index (κ1) is 24.4. The summed E-state index contributed by atoms with van der Waals surface area (Å²) in [6.45, 7) is 2.75. The number of methoxy groups -OCH3 is 1. The van der Waals surface area contributed by atoms with E-state index in [1.165, 1.54) is 6.07 Å². The fourth-order valence-corrected chi connectivity index (χ4v) is 2.70. The molecule has 3 aromatic rings. The second kappa shape index (κ2) is 12.1. The molecule has 1 heterocycles. The highest BCUT2D eigenvalue weighted by atomic mass is 127. The van der Waals surface area contributed by atoms with Crippen LogP contribution in [0.1, 0.15) is 16.7 Å². The summed E-state index contributed by atoms with van der Waals surface area (Å²) < 4.78 is 24.6. The van der Waals surface area contributed by atoms with Crippen LogP contribution in [0.25, 0.3) is 0 Å². The maximum Gasteiger partial charge on any atom is 0.219 e. The van der Waals surface area contributed by atoms with Crippen LogP contribution in [-0.2, 0) is 13.1 Å². The van der Waals surface area contributed by atoms with Gasteiger partial charge in [0.25, 0.3) is 0 Å². The molecular formula is C23H26FIN4O2. The molecule has 0 spiro atoms. The van der Waals surface area contributed by atoms with E-state index in [0.717, 1.165) is 16.9 Å². The van der Waals surface area contributed by atoms with E-state index in [1.807, 2.05) is 36.4 Å². The number of ether oxygens (including phenoxy) is 2. The van der Waals surface area contributed by atoms with Gasteiger partial charge in [0.05, 0.1) is 7.11 Å². The molecule has 0 atom stereocenters. The molecule has 0 aliphatic rings. The van der Waals surface area contributed by atoms with Gasteiger partial charge in [0.1, 0.15) is 17.3 Å². The van der Waals surface area contributed by atoms with Crippen LogP contribution in [0.5, 0.6) is 17.4 Å². The van der Waals surface area contributed by atoms with Gasteiger partial charge in [-0.05, 0) is 41.8 Å². The Bertz CT molecular complexity index is 1010. The SMILES string of the molecule is CN=C(NCc1ccc(Oc2cccc(OC)c2)nc1)NCc1ccc(C)c(F)c1.I. The Morgan fingerprint density at radius 1 is 1.00 bits per heavy atom. The zero-order chi connectivity index (χ0) is 21.3. The van der Waals surface area contributed by atoms with Gasteiger partial charge in [-0.25, -0.2) is 9.37 Å². The van der Waals surface area contributed by atoms with Crippen LogP contribution in [-0.4, -0.2) is 25.1 Å². The molecule has 0 fully saturated rings. The number of aryl methyl sites for hydroxylation is 1. The van der Waals surface area contributed by atoms with Crippen molar-refractivity contribution in [3.63, 3.8) is 0 Å². The van der Waals surface area contributed by atoms with Crippen molar-refractivity contribution in [1.29, 1.82) is 0 Å². The number of hydrogen-bond acceptors (Lipinski definition) is 4. The van der Waals surface area contributed by atoms with Gasteiger partial charge in [0.2, 0.25) is 5.88 Å². The second-order valence-corrected chi connectivity index (χ2v) is 6.65. The number of pyridine rings is 1. The number of hydrogen-bond donors (Lipinski definition) is 2. The van der Waals surface area contributed by atoms with Crippen LogP contribution in [0.2, 0.25) is 0 Å². The smallest absolute Gasteiger partial charge is 0.219 e. The van der Waals surface area contributed by atoms with Crippen molar-refractivity contribution in [2.45, 2.75) is 20.0 Å². The number of aromatic nitrogens is 1. The molecule has 8 heteroatoms. The minimum atomic E-state index is -0.209. The summed E-state index contributed by atoms with van der Waals surface area (Å²) in [7, 11) is 3.30. The van der Waals surface area contributed by atoms with Crippen molar-refractivity contribution in [3.8, 4) is 17.4 Å². The summed E-state index contributed by atoms with van der Waals surface area (Å²) in [5, 5.41) is 6.39. The highest BCUT2D eigenvalue weighted by molar-refractivity contribution is 14.0. The van der Waals surface area contributed by atoms with Crippen molar-refractivity contribution in [3.05, 3.63) is 83.3 Å². The average Bonchev–Trinajstić information content (AvgIpc) is 2.77. The van der Waals surface area contributed by atoms with E-state index in [4.69, 9.17) is 9.47 Å². The van der Waals surface area contributed by atoms with Crippen LogP contribution in [0.3, 0.4) is 0 Å². The van der Waals surface area contributed by atoms with Crippen molar-refractivity contribution in [2.75, 3.05) is 14.2 Å². The van der Waals surface area contributed by atoms with Crippen LogP contribution in [0.15, 0.2) is 65.8 Å². The standard InChI is InChI=1S/C23H25FN4O2.HI/c1-16-7-8-17(11-21(16)24)13-27-23(25-2)28-15-18-9-10-22(26-14-18)30-20-6-4-5-19(12-20)29-3;/h4-12,14H,13,15H2,1-3H3,(H2,25,27,28);1H. The fourth-order valence-electron chi connectivity index (χ4n) is 2.70. The van der Waals surface area contributed by atoms with Crippen molar-refractivity contribution >= 4 is 29.9 Å². The predicted octanol–water partition coefficient (Wildman–Crippen LogP) is 4.81. The van der Waals surface area contributed by atoms with Crippen LogP contribution >= 0.6 is 24.0 Å². The maximum atomic E-state index is 13.7. The lowest BCUT2D eigenvalue weighted by Gasteiger charge is -2.12. The van der Waals surface area contributed by atoms with Crippen LogP contribution in [0, 0.1) is 12.7 Å². The van der Waals surface area contributed by atoms with E-state index in [1.54, 1.807) is 39.4 Å². The van der Waals surface area contributed by atoms with Gasteiger partial charge in [-0.3, -0.25) is 4.99 Å². The molecule has 2 N–H and O–H groups in total. The van der Waals surface area contributed by atoms with Gasteiger partial charge < -0.3 is 20.1 Å². The Kier molecular flexibility index (Phi) is 9.51. The molecule has 0 saturated carbocycles. The van der Waals surface area contributed by atoms with Gasteiger partial charge in [-0.15, -0.1) is 24.0 Å². The number of nitrogens with one attached hydrogen (secondary N) is 2. The molecule has 1 aromatic heterocycles.